The second kappa shape index (κ2) is 4.37. The molecule has 0 aliphatic rings. The van der Waals surface area contributed by atoms with Gasteiger partial charge in [0, 0.05) is 0 Å². The molecule has 0 bridgehead atoms. The zero-order valence-electron chi connectivity index (χ0n) is 6.73. The summed E-state index contributed by atoms with van der Waals surface area (Å²) in [6.45, 7) is 6.72. The number of hydrogen-bond donors (Lipinski definition) is 0. The van der Waals surface area contributed by atoms with Crippen LogP contribution < -0.4 is 0 Å². The molecule has 0 aliphatic carbocycles. The van der Waals surface area contributed by atoms with E-state index in [1.807, 2.05) is 0 Å². The first kappa shape index (κ1) is 9.54. The first-order valence-electron chi connectivity index (χ1n) is 3.32. The molecule has 0 heterocycles. The summed E-state index contributed by atoms with van der Waals surface area (Å²) >= 11 is 0. The van der Waals surface area contributed by atoms with Crippen LogP contribution in [0.15, 0.2) is 0 Å². The van der Waals surface area contributed by atoms with Crippen molar-refractivity contribution in [2.45, 2.75) is 27.2 Å². The maximum absolute atomic E-state index is 6.37. The molecule has 0 saturated carbocycles. The van der Waals surface area contributed by atoms with Crippen LogP contribution in [0.1, 0.15) is 27.2 Å². The maximum atomic E-state index is 6.37. The average Bonchev–Trinajstić information content (AvgIpc) is 1.89. The van der Waals surface area contributed by atoms with Gasteiger partial charge in [-0.1, -0.05) is 0 Å². The molecule has 2 heteroatoms. The van der Waals surface area contributed by atoms with Crippen molar-refractivity contribution in [2.75, 3.05) is 6.61 Å². The summed E-state index contributed by atoms with van der Waals surface area (Å²) in [7, 11) is 0. The third-order valence-electron chi connectivity index (χ3n) is 1.51. The zero-order chi connectivity index (χ0) is 8.04. The van der Waals surface area contributed by atoms with E-state index in [0.717, 1.165) is 6.42 Å². The van der Waals surface area contributed by atoms with Crippen molar-refractivity contribution in [3.05, 3.63) is 6.42 Å². The van der Waals surface area contributed by atoms with E-state index in [1.165, 1.54) is 0 Å². The van der Waals surface area contributed by atoms with Gasteiger partial charge in [0.1, 0.15) is 0 Å². The van der Waals surface area contributed by atoms with Gasteiger partial charge >= 0.3 is 61.5 Å². The Morgan fingerprint density at radius 3 is 2.50 bits per heavy atom. The van der Waals surface area contributed by atoms with Crippen molar-refractivity contribution in [3.8, 4) is 6.11 Å². The average molecular weight is 141 g/mol. The van der Waals surface area contributed by atoms with Crippen molar-refractivity contribution in [2.24, 2.45) is 5.41 Å². The molecule has 0 amide bonds. The number of hydrogen-bond acceptors (Lipinski definition) is 2. The molecule has 0 fully saturated rings. The molecule has 0 aromatic carbocycles. The van der Waals surface area contributed by atoms with Gasteiger partial charge in [0.15, 0.2) is 0 Å². The van der Waals surface area contributed by atoms with Crippen molar-refractivity contribution in [3.63, 3.8) is 0 Å². The van der Waals surface area contributed by atoms with Crippen molar-refractivity contribution >= 4 is 0 Å². The minimum atomic E-state index is 0.122. The molecule has 0 aliphatic heterocycles. The van der Waals surface area contributed by atoms with Crippen molar-refractivity contribution in [1.29, 1.82) is 0 Å². The van der Waals surface area contributed by atoms with Crippen LogP contribution in [0.25, 0.3) is 0 Å². The summed E-state index contributed by atoms with van der Waals surface area (Å²) in [5, 5.41) is 0. The Labute approximate surface area is 62.4 Å². The Kier molecular flexibility index (Phi) is 4.17. The first-order valence-corrected chi connectivity index (χ1v) is 3.32. The van der Waals surface area contributed by atoms with Crippen LogP contribution in [0.4, 0.5) is 0 Å². The molecule has 0 aromatic rings. The molecule has 2 nitrogen and oxygen atoms in total. The van der Waals surface area contributed by atoms with Gasteiger partial charge in [0.05, 0.1) is 0 Å². The molecule has 0 rings (SSSR count). The van der Waals surface area contributed by atoms with Gasteiger partial charge in [0.25, 0.3) is 0 Å². The fourth-order valence-electron chi connectivity index (χ4n) is 0.321. The molecule has 0 N–H and O–H groups in total. The van der Waals surface area contributed by atoms with Crippen LogP contribution in [0, 0.1) is 17.9 Å². The number of rotatable bonds is 4. The quantitative estimate of drug-likeness (QED) is 0.196. The van der Waals surface area contributed by atoms with E-state index < -0.39 is 0 Å². The van der Waals surface area contributed by atoms with E-state index in [4.69, 9.17) is 6.42 Å². The summed E-state index contributed by atoms with van der Waals surface area (Å²) < 4.78 is 0. The Morgan fingerprint density at radius 2 is 2.10 bits per heavy atom. The van der Waals surface area contributed by atoms with E-state index in [1.54, 1.807) is 6.11 Å². The summed E-state index contributed by atoms with van der Waals surface area (Å²) in [5.41, 5.74) is 0.122. The van der Waals surface area contributed by atoms with Gasteiger partial charge < -0.3 is 0 Å². The summed E-state index contributed by atoms with van der Waals surface area (Å²) in [4.78, 5) is 8.83. The van der Waals surface area contributed by atoms with Crippen LogP contribution in [0.5, 0.6) is 0 Å². The van der Waals surface area contributed by atoms with E-state index in [0.29, 0.717) is 6.61 Å². The Bertz CT molecular complexity index is 122. The Hall–Kier alpha value is -0.460. The summed E-state index contributed by atoms with van der Waals surface area (Å²) in [6, 6.07) is 0. The van der Waals surface area contributed by atoms with Gasteiger partial charge in [-0.15, -0.1) is 0 Å². The SMILES string of the molecule is [C+]#COOCC(C)(C)CC. The second-order valence-corrected chi connectivity index (χ2v) is 2.97. The molecule has 0 radical (unpaired) electrons. The van der Waals surface area contributed by atoms with Crippen LogP contribution in [-0.2, 0) is 9.78 Å². The zero-order valence-corrected chi connectivity index (χ0v) is 6.73. The molecule has 0 saturated heterocycles. The topological polar surface area (TPSA) is 18.5 Å². The van der Waals surface area contributed by atoms with Crippen molar-refractivity contribution in [1.82, 2.24) is 0 Å². The van der Waals surface area contributed by atoms with Crippen LogP contribution in [0.2, 0.25) is 0 Å². The van der Waals surface area contributed by atoms with Gasteiger partial charge in [-0.2, -0.15) is 0 Å². The molecular weight excluding hydrogens is 128 g/mol. The molecular formula is C8H13O2+. The molecule has 0 spiro atoms. The second-order valence-electron chi connectivity index (χ2n) is 2.97. The predicted molar refractivity (Wildman–Crippen MR) is 38.2 cm³/mol. The van der Waals surface area contributed by atoms with Gasteiger partial charge in [-0.05, 0) is 0 Å². The van der Waals surface area contributed by atoms with Crippen LogP contribution in [-0.4, -0.2) is 6.61 Å². The minimum absolute atomic E-state index is 0.122. The van der Waals surface area contributed by atoms with Crippen LogP contribution in [0.3, 0.4) is 0 Å². The Balaban J connectivity index is 3.39. The van der Waals surface area contributed by atoms with Gasteiger partial charge in [-0.3, -0.25) is 0 Å². The van der Waals surface area contributed by atoms with E-state index >= 15 is 0 Å². The predicted octanol–water partition coefficient (Wildman–Crippen LogP) is 1.92. The van der Waals surface area contributed by atoms with E-state index in [2.05, 4.69) is 30.5 Å². The molecule has 10 heavy (non-hydrogen) atoms. The monoisotopic (exact) mass is 141 g/mol. The van der Waals surface area contributed by atoms with Crippen molar-refractivity contribution < 1.29 is 9.78 Å². The van der Waals surface area contributed by atoms with E-state index in [-0.39, 0.29) is 5.41 Å². The molecule has 0 atom stereocenters. The van der Waals surface area contributed by atoms with Crippen LogP contribution >= 0.6 is 0 Å². The normalized spacial score (nSPS) is 10.9. The first-order chi connectivity index (χ1) is 4.62. The summed E-state index contributed by atoms with van der Waals surface area (Å²) in [5.74, 6) is 0. The van der Waals surface area contributed by atoms with E-state index in [9.17, 15) is 0 Å². The standard InChI is InChI=1S/C8H13O2/c1-5-8(3,4)7-10-9-6-2/h5,7H2,1,3-4H3/q+1. The molecule has 56 valence electrons. The Morgan fingerprint density at radius 1 is 1.50 bits per heavy atom. The third kappa shape index (κ3) is 4.42. The molecule has 0 aromatic heterocycles. The fraction of sp³-hybridized carbons (Fsp3) is 0.750. The third-order valence-corrected chi connectivity index (χ3v) is 1.51. The molecule has 0 unspecified atom stereocenters. The van der Waals surface area contributed by atoms with Gasteiger partial charge in [-0.25, -0.2) is 0 Å². The van der Waals surface area contributed by atoms with Gasteiger partial charge in [0.2, 0.25) is 0 Å². The fourth-order valence-corrected chi connectivity index (χ4v) is 0.321. The summed E-state index contributed by atoms with van der Waals surface area (Å²) in [6.07, 6.45) is 9.08.